The molecule has 146 valence electrons. The van der Waals surface area contributed by atoms with E-state index in [1.807, 2.05) is 13.8 Å². The molecule has 1 atom stereocenters. The monoisotopic (exact) mass is 400 g/mol. The molecule has 0 saturated heterocycles. The van der Waals surface area contributed by atoms with Crippen molar-refractivity contribution in [3.8, 4) is 11.4 Å². The lowest BCUT2D eigenvalue weighted by molar-refractivity contribution is -0.122. The lowest BCUT2D eigenvalue weighted by Gasteiger charge is -2.18. The molecule has 0 bridgehead atoms. The molecule has 0 radical (unpaired) electrons. The Morgan fingerprint density at radius 1 is 1.18 bits per heavy atom. The van der Waals surface area contributed by atoms with E-state index < -0.39 is 0 Å². The van der Waals surface area contributed by atoms with Gasteiger partial charge in [-0.05, 0) is 42.3 Å². The van der Waals surface area contributed by atoms with Crippen molar-refractivity contribution >= 4 is 17.7 Å². The van der Waals surface area contributed by atoms with E-state index in [2.05, 4.69) is 20.4 Å². The van der Waals surface area contributed by atoms with Gasteiger partial charge < -0.3 is 9.84 Å². The molecule has 3 aromatic rings. The fourth-order valence-electron chi connectivity index (χ4n) is 2.53. The van der Waals surface area contributed by atoms with Gasteiger partial charge in [-0.2, -0.15) is 4.98 Å². The standard InChI is InChI=1S/C20H21FN4O2S/c1-13(2)18(20-24-19(25-27-20)14-7-10-22-11-8-14)23-17(26)9-12-28-16-5-3-15(21)4-6-16/h3-8,10-11,13,18H,9,12H2,1-2H3,(H,23,26). The van der Waals surface area contributed by atoms with Crippen LogP contribution in [0.25, 0.3) is 11.4 Å². The highest BCUT2D eigenvalue weighted by molar-refractivity contribution is 7.99. The van der Waals surface area contributed by atoms with Gasteiger partial charge in [-0.25, -0.2) is 4.39 Å². The van der Waals surface area contributed by atoms with Gasteiger partial charge >= 0.3 is 0 Å². The summed E-state index contributed by atoms with van der Waals surface area (Å²) in [6.07, 6.45) is 3.65. The summed E-state index contributed by atoms with van der Waals surface area (Å²) in [4.78, 5) is 21.7. The van der Waals surface area contributed by atoms with Crippen LogP contribution in [0.5, 0.6) is 0 Å². The Hall–Kier alpha value is -2.74. The molecule has 2 heterocycles. The number of hydrogen-bond acceptors (Lipinski definition) is 6. The molecule has 0 aliphatic heterocycles. The van der Waals surface area contributed by atoms with Crippen molar-refractivity contribution in [2.75, 3.05) is 5.75 Å². The number of halogens is 1. The van der Waals surface area contributed by atoms with Crippen LogP contribution in [-0.4, -0.2) is 26.8 Å². The number of thioether (sulfide) groups is 1. The summed E-state index contributed by atoms with van der Waals surface area (Å²) >= 11 is 1.51. The van der Waals surface area contributed by atoms with Crippen LogP contribution in [0.15, 0.2) is 58.2 Å². The zero-order chi connectivity index (χ0) is 19.9. The number of aromatic nitrogens is 3. The van der Waals surface area contributed by atoms with E-state index in [1.54, 1.807) is 36.7 Å². The van der Waals surface area contributed by atoms with Crippen molar-refractivity contribution in [2.45, 2.75) is 31.2 Å². The molecular weight excluding hydrogens is 379 g/mol. The lowest BCUT2D eigenvalue weighted by atomic mass is 10.0. The van der Waals surface area contributed by atoms with E-state index in [1.165, 1.54) is 23.9 Å². The van der Waals surface area contributed by atoms with Gasteiger partial charge in [0.2, 0.25) is 17.6 Å². The van der Waals surface area contributed by atoms with E-state index in [0.29, 0.717) is 23.9 Å². The summed E-state index contributed by atoms with van der Waals surface area (Å²) in [5.74, 6) is 1.14. The zero-order valence-electron chi connectivity index (χ0n) is 15.6. The Morgan fingerprint density at radius 3 is 2.57 bits per heavy atom. The molecular formula is C20H21FN4O2S. The first-order valence-electron chi connectivity index (χ1n) is 8.94. The van der Waals surface area contributed by atoms with E-state index in [-0.39, 0.29) is 23.7 Å². The first-order valence-corrected chi connectivity index (χ1v) is 9.93. The predicted octanol–water partition coefficient (Wildman–Crippen LogP) is 4.27. The predicted molar refractivity (Wildman–Crippen MR) is 105 cm³/mol. The Labute approximate surface area is 167 Å². The van der Waals surface area contributed by atoms with Gasteiger partial charge in [0.05, 0.1) is 0 Å². The molecule has 1 unspecified atom stereocenters. The average molecular weight is 400 g/mol. The van der Waals surface area contributed by atoms with Crippen LogP contribution in [0.2, 0.25) is 0 Å². The third-order valence-corrected chi connectivity index (χ3v) is 5.05. The second kappa shape index (κ2) is 9.45. The highest BCUT2D eigenvalue weighted by Crippen LogP contribution is 2.24. The molecule has 1 aromatic carbocycles. The molecule has 8 heteroatoms. The molecule has 0 fully saturated rings. The van der Waals surface area contributed by atoms with Crippen molar-refractivity contribution in [1.29, 1.82) is 0 Å². The number of carbonyl (C=O) groups excluding carboxylic acids is 1. The van der Waals surface area contributed by atoms with Gasteiger partial charge in [0.15, 0.2) is 0 Å². The smallest absolute Gasteiger partial charge is 0.249 e. The largest absolute Gasteiger partial charge is 0.344 e. The van der Waals surface area contributed by atoms with Crippen molar-refractivity contribution in [2.24, 2.45) is 5.92 Å². The number of amides is 1. The van der Waals surface area contributed by atoms with E-state index in [4.69, 9.17) is 4.52 Å². The highest BCUT2D eigenvalue weighted by atomic mass is 32.2. The third kappa shape index (κ3) is 5.39. The van der Waals surface area contributed by atoms with Crippen LogP contribution in [-0.2, 0) is 4.79 Å². The van der Waals surface area contributed by atoms with Gasteiger partial charge in [0.1, 0.15) is 11.9 Å². The van der Waals surface area contributed by atoms with E-state index in [0.717, 1.165) is 10.5 Å². The molecule has 2 aromatic heterocycles. The second-order valence-corrected chi connectivity index (χ2v) is 7.70. The summed E-state index contributed by atoms with van der Waals surface area (Å²) in [5, 5.41) is 6.98. The minimum atomic E-state index is -0.369. The second-order valence-electron chi connectivity index (χ2n) is 6.53. The minimum absolute atomic E-state index is 0.0828. The Morgan fingerprint density at radius 2 is 1.89 bits per heavy atom. The zero-order valence-corrected chi connectivity index (χ0v) is 16.4. The van der Waals surface area contributed by atoms with Gasteiger partial charge in [-0.3, -0.25) is 9.78 Å². The molecule has 1 N–H and O–H groups in total. The van der Waals surface area contributed by atoms with Gasteiger partial charge in [-0.1, -0.05) is 19.0 Å². The van der Waals surface area contributed by atoms with Crippen molar-refractivity contribution in [3.63, 3.8) is 0 Å². The summed E-state index contributed by atoms with van der Waals surface area (Å²) in [5.41, 5.74) is 0.800. The Kier molecular flexibility index (Phi) is 6.76. The quantitative estimate of drug-likeness (QED) is 0.569. The average Bonchev–Trinajstić information content (AvgIpc) is 3.18. The summed E-state index contributed by atoms with van der Waals surface area (Å²) < 4.78 is 18.3. The number of nitrogens with one attached hydrogen (secondary N) is 1. The number of carbonyl (C=O) groups is 1. The molecule has 6 nitrogen and oxygen atoms in total. The van der Waals surface area contributed by atoms with Crippen LogP contribution in [0.4, 0.5) is 4.39 Å². The number of benzene rings is 1. The molecule has 0 aliphatic carbocycles. The topological polar surface area (TPSA) is 80.9 Å². The number of hydrogen-bond donors (Lipinski definition) is 1. The van der Waals surface area contributed by atoms with Gasteiger partial charge in [-0.15, -0.1) is 11.8 Å². The Bertz CT molecular complexity index is 900. The van der Waals surface area contributed by atoms with Crippen molar-refractivity contribution in [3.05, 3.63) is 60.5 Å². The first-order chi connectivity index (χ1) is 13.5. The molecule has 0 saturated carbocycles. The van der Waals surface area contributed by atoms with Crippen molar-refractivity contribution < 1.29 is 13.7 Å². The third-order valence-electron chi connectivity index (χ3n) is 4.04. The Balaban J connectivity index is 1.57. The number of rotatable bonds is 8. The molecule has 28 heavy (non-hydrogen) atoms. The van der Waals surface area contributed by atoms with Gasteiger partial charge in [0, 0.05) is 35.0 Å². The summed E-state index contributed by atoms with van der Waals surface area (Å²) in [7, 11) is 0. The van der Waals surface area contributed by atoms with Crippen LogP contribution < -0.4 is 5.32 Å². The highest BCUT2D eigenvalue weighted by Gasteiger charge is 2.24. The number of nitrogens with zero attached hydrogens (tertiary/aromatic N) is 3. The van der Waals surface area contributed by atoms with Crippen LogP contribution in [0, 0.1) is 11.7 Å². The minimum Gasteiger partial charge on any atom is -0.344 e. The SMILES string of the molecule is CC(C)C(NC(=O)CCSc1ccc(F)cc1)c1nc(-c2ccncc2)no1. The summed E-state index contributed by atoms with van der Waals surface area (Å²) in [6.45, 7) is 3.96. The molecule has 1 amide bonds. The van der Waals surface area contributed by atoms with Crippen LogP contribution in [0.1, 0.15) is 32.2 Å². The number of pyridine rings is 1. The van der Waals surface area contributed by atoms with E-state index in [9.17, 15) is 9.18 Å². The normalized spacial score (nSPS) is 12.1. The summed E-state index contributed by atoms with van der Waals surface area (Å²) in [6, 6.07) is 9.45. The lowest BCUT2D eigenvalue weighted by Crippen LogP contribution is -2.32. The molecule has 0 aliphatic rings. The van der Waals surface area contributed by atoms with Crippen molar-refractivity contribution in [1.82, 2.24) is 20.4 Å². The van der Waals surface area contributed by atoms with Gasteiger partial charge in [0.25, 0.3) is 0 Å². The maximum atomic E-state index is 12.9. The fourth-order valence-corrected chi connectivity index (χ4v) is 3.38. The van der Waals surface area contributed by atoms with Crippen LogP contribution >= 0.6 is 11.8 Å². The fraction of sp³-hybridized carbons (Fsp3) is 0.300. The molecule has 0 spiro atoms. The molecule has 3 rings (SSSR count). The maximum Gasteiger partial charge on any atom is 0.249 e. The maximum absolute atomic E-state index is 12.9. The van der Waals surface area contributed by atoms with E-state index >= 15 is 0 Å². The first kappa shape index (κ1) is 20.0. The van der Waals surface area contributed by atoms with Crippen LogP contribution in [0.3, 0.4) is 0 Å².